The first-order chi connectivity index (χ1) is 14.6. The highest BCUT2D eigenvalue weighted by atomic mass is 79.9. The fourth-order valence-corrected chi connectivity index (χ4v) is 4.14. The number of hydrogen-bond donors (Lipinski definition) is 1. The van der Waals surface area contributed by atoms with Gasteiger partial charge in [-0.25, -0.2) is 4.98 Å². The minimum absolute atomic E-state index is 0.130. The van der Waals surface area contributed by atoms with Crippen molar-refractivity contribution < 1.29 is 9.53 Å². The van der Waals surface area contributed by atoms with Crippen molar-refractivity contribution in [3.05, 3.63) is 58.3 Å². The molecule has 1 aliphatic rings. The number of carbonyl (C=O) groups excluding carboxylic acids is 1. The van der Waals surface area contributed by atoms with Gasteiger partial charge < -0.3 is 14.6 Å². The van der Waals surface area contributed by atoms with Crippen LogP contribution in [-0.2, 0) is 17.8 Å². The largest absolute Gasteiger partial charge is 0.379 e. The molecule has 1 amide bonds. The van der Waals surface area contributed by atoms with E-state index in [1.807, 2.05) is 30.3 Å². The molecule has 4 rings (SSSR count). The molecule has 158 valence electrons. The highest BCUT2D eigenvalue weighted by Crippen LogP contribution is 2.23. The molecule has 0 unspecified atom stereocenters. The Balaban J connectivity index is 1.58. The topological polar surface area (TPSA) is 59.4 Å². The maximum Gasteiger partial charge on any atom is 0.255 e. The molecule has 1 fully saturated rings. The Kier molecular flexibility index (Phi) is 6.82. The molecule has 2 aromatic carbocycles. The Morgan fingerprint density at radius 1 is 1.20 bits per heavy atom. The maximum absolute atomic E-state index is 12.6. The lowest BCUT2D eigenvalue weighted by molar-refractivity contribution is 0.0326. The van der Waals surface area contributed by atoms with E-state index in [1.54, 1.807) is 6.07 Å². The average Bonchev–Trinajstić information content (AvgIpc) is 3.09. The number of rotatable bonds is 7. The SMILES string of the molecule is CCCCn1c(CN2CCOCC2)nc2cc(NC(=O)c3cccc(Br)c3)ccc21. The molecule has 1 aliphatic heterocycles. The number of fused-ring (bicyclic) bond motifs is 1. The molecular weight excluding hydrogens is 444 g/mol. The molecule has 0 saturated carbocycles. The lowest BCUT2D eigenvalue weighted by atomic mass is 10.2. The fourth-order valence-electron chi connectivity index (χ4n) is 3.74. The first-order valence-electron chi connectivity index (χ1n) is 10.5. The van der Waals surface area contributed by atoms with Crippen molar-refractivity contribution in [2.45, 2.75) is 32.9 Å². The predicted octanol–water partition coefficient (Wildman–Crippen LogP) is 4.68. The van der Waals surface area contributed by atoms with E-state index in [-0.39, 0.29) is 5.91 Å². The smallest absolute Gasteiger partial charge is 0.255 e. The maximum atomic E-state index is 12.6. The minimum atomic E-state index is -0.130. The van der Waals surface area contributed by atoms with Crippen LogP contribution in [0.5, 0.6) is 0 Å². The third-order valence-electron chi connectivity index (χ3n) is 5.38. The lowest BCUT2D eigenvalue weighted by Gasteiger charge is -2.26. The van der Waals surface area contributed by atoms with Gasteiger partial charge in [0.15, 0.2) is 0 Å². The second-order valence-corrected chi connectivity index (χ2v) is 8.51. The minimum Gasteiger partial charge on any atom is -0.379 e. The predicted molar refractivity (Wildman–Crippen MR) is 123 cm³/mol. The summed E-state index contributed by atoms with van der Waals surface area (Å²) in [4.78, 5) is 19.9. The number of nitrogens with zero attached hydrogens (tertiary/aromatic N) is 3. The first kappa shape index (κ1) is 21.0. The number of carbonyl (C=O) groups is 1. The normalized spacial score (nSPS) is 14.9. The molecule has 0 aliphatic carbocycles. The Labute approximate surface area is 185 Å². The van der Waals surface area contributed by atoms with Crippen LogP contribution >= 0.6 is 15.9 Å². The molecule has 0 radical (unpaired) electrons. The first-order valence-corrected chi connectivity index (χ1v) is 11.3. The molecule has 3 aromatic rings. The molecular formula is C23H27BrN4O2. The Bertz CT molecular complexity index is 1030. The van der Waals surface area contributed by atoms with E-state index in [0.717, 1.165) is 79.3 Å². The molecule has 0 bridgehead atoms. The van der Waals surface area contributed by atoms with Crippen molar-refractivity contribution >= 4 is 38.6 Å². The van der Waals surface area contributed by atoms with Crippen LogP contribution in [0.3, 0.4) is 0 Å². The summed E-state index contributed by atoms with van der Waals surface area (Å²) >= 11 is 3.42. The zero-order valence-electron chi connectivity index (χ0n) is 17.2. The van der Waals surface area contributed by atoms with Crippen LogP contribution in [0.4, 0.5) is 5.69 Å². The number of nitrogens with one attached hydrogen (secondary N) is 1. The van der Waals surface area contributed by atoms with E-state index in [2.05, 4.69) is 43.7 Å². The summed E-state index contributed by atoms with van der Waals surface area (Å²) < 4.78 is 8.69. The number of imidazole rings is 1. The number of aryl methyl sites for hydroxylation is 1. The van der Waals surface area contributed by atoms with Crippen LogP contribution in [0.15, 0.2) is 46.9 Å². The van der Waals surface area contributed by atoms with Crippen molar-refractivity contribution in [3.63, 3.8) is 0 Å². The van der Waals surface area contributed by atoms with Gasteiger partial charge in [-0.15, -0.1) is 0 Å². The summed E-state index contributed by atoms with van der Waals surface area (Å²) in [7, 11) is 0. The van der Waals surface area contributed by atoms with Gasteiger partial charge in [0.2, 0.25) is 0 Å². The highest BCUT2D eigenvalue weighted by Gasteiger charge is 2.17. The third kappa shape index (κ3) is 4.91. The monoisotopic (exact) mass is 470 g/mol. The highest BCUT2D eigenvalue weighted by molar-refractivity contribution is 9.10. The molecule has 1 saturated heterocycles. The molecule has 30 heavy (non-hydrogen) atoms. The zero-order chi connectivity index (χ0) is 20.9. The van der Waals surface area contributed by atoms with Crippen LogP contribution in [0, 0.1) is 0 Å². The summed E-state index contributed by atoms with van der Waals surface area (Å²) in [6.07, 6.45) is 2.25. The molecule has 0 spiro atoms. The van der Waals surface area contributed by atoms with Crippen LogP contribution in [0.1, 0.15) is 35.9 Å². The second-order valence-electron chi connectivity index (χ2n) is 7.59. The molecule has 2 heterocycles. The van der Waals surface area contributed by atoms with Crippen LogP contribution in [0.25, 0.3) is 11.0 Å². The molecule has 7 heteroatoms. The van der Waals surface area contributed by atoms with E-state index in [9.17, 15) is 4.79 Å². The Morgan fingerprint density at radius 2 is 2.03 bits per heavy atom. The Morgan fingerprint density at radius 3 is 2.80 bits per heavy atom. The van der Waals surface area contributed by atoms with Crippen molar-refractivity contribution in [2.75, 3.05) is 31.6 Å². The quantitative estimate of drug-likeness (QED) is 0.544. The van der Waals surface area contributed by atoms with Gasteiger partial charge in [0.25, 0.3) is 5.91 Å². The fraction of sp³-hybridized carbons (Fsp3) is 0.391. The molecule has 6 nitrogen and oxygen atoms in total. The van der Waals surface area contributed by atoms with Gasteiger partial charge in [-0.2, -0.15) is 0 Å². The zero-order valence-corrected chi connectivity index (χ0v) is 18.8. The lowest BCUT2D eigenvalue weighted by Crippen LogP contribution is -2.36. The van der Waals surface area contributed by atoms with Crippen LogP contribution in [0.2, 0.25) is 0 Å². The number of benzene rings is 2. The van der Waals surface area contributed by atoms with Crippen molar-refractivity contribution in [2.24, 2.45) is 0 Å². The van der Waals surface area contributed by atoms with Gasteiger partial charge >= 0.3 is 0 Å². The standard InChI is InChI=1S/C23H27BrN4O2/c1-2-3-9-28-21-8-7-19(25-23(29)17-5-4-6-18(24)14-17)15-20(21)26-22(28)16-27-10-12-30-13-11-27/h4-8,14-15H,2-3,9-13,16H2,1H3,(H,25,29). The number of unbranched alkanes of at least 4 members (excludes halogenated alkanes) is 1. The number of amides is 1. The second kappa shape index (κ2) is 9.73. The van der Waals surface area contributed by atoms with E-state index in [0.29, 0.717) is 5.56 Å². The summed E-state index contributed by atoms with van der Waals surface area (Å²) in [6.45, 7) is 7.41. The summed E-state index contributed by atoms with van der Waals surface area (Å²) in [5.41, 5.74) is 3.41. The van der Waals surface area contributed by atoms with E-state index >= 15 is 0 Å². The summed E-state index contributed by atoms with van der Waals surface area (Å²) in [5.74, 6) is 0.949. The average molecular weight is 471 g/mol. The van der Waals surface area contributed by atoms with Crippen molar-refractivity contribution in [1.29, 1.82) is 0 Å². The number of ether oxygens (including phenoxy) is 1. The molecule has 1 aromatic heterocycles. The third-order valence-corrected chi connectivity index (χ3v) is 5.87. The van der Waals surface area contributed by atoms with E-state index in [1.165, 1.54) is 0 Å². The van der Waals surface area contributed by atoms with Crippen LogP contribution in [-0.4, -0.2) is 46.7 Å². The van der Waals surface area contributed by atoms with Gasteiger partial charge in [-0.05, 0) is 42.8 Å². The molecule has 0 atom stereocenters. The number of morpholine rings is 1. The number of halogens is 1. The molecule has 1 N–H and O–H groups in total. The van der Waals surface area contributed by atoms with Gasteiger partial charge in [-0.3, -0.25) is 9.69 Å². The van der Waals surface area contributed by atoms with Crippen LogP contribution < -0.4 is 5.32 Å². The van der Waals surface area contributed by atoms with Crippen molar-refractivity contribution in [1.82, 2.24) is 14.5 Å². The van der Waals surface area contributed by atoms with E-state index < -0.39 is 0 Å². The summed E-state index contributed by atoms with van der Waals surface area (Å²) in [5, 5.41) is 2.99. The van der Waals surface area contributed by atoms with Gasteiger partial charge in [0, 0.05) is 35.4 Å². The van der Waals surface area contributed by atoms with Gasteiger partial charge in [0.1, 0.15) is 5.82 Å². The van der Waals surface area contributed by atoms with Gasteiger partial charge in [0.05, 0.1) is 30.8 Å². The van der Waals surface area contributed by atoms with E-state index in [4.69, 9.17) is 9.72 Å². The number of hydrogen-bond acceptors (Lipinski definition) is 4. The summed E-state index contributed by atoms with van der Waals surface area (Å²) in [6, 6.07) is 13.4. The Hall–Kier alpha value is -2.22. The van der Waals surface area contributed by atoms with Gasteiger partial charge in [-0.1, -0.05) is 35.3 Å². The number of aromatic nitrogens is 2. The van der Waals surface area contributed by atoms with Crippen molar-refractivity contribution in [3.8, 4) is 0 Å². The number of anilines is 1.